The number of alkyl halides is 3. The Bertz CT molecular complexity index is 1010. The lowest BCUT2D eigenvalue weighted by Gasteiger charge is -2.28. The van der Waals surface area contributed by atoms with E-state index in [4.69, 9.17) is 31.9 Å². The second kappa shape index (κ2) is 11.9. The first-order valence-electron chi connectivity index (χ1n) is 10.8. The number of hydrogen-bond donors (Lipinski definition) is 3. The van der Waals surface area contributed by atoms with Gasteiger partial charge in [-0.15, -0.1) is 0 Å². The highest BCUT2D eigenvalue weighted by molar-refractivity contribution is 7.46. The largest absolute Gasteiger partial charge is 0.493 e. The van der Waals surface area contributed by atoms with E-state index in [1.807, 2.05) is 19.1 Å². The number of phosphoric acid groups is 1. The Morgan fingerprint density at radius 3 is 2.32 bits per heavy atom. The Morgan fingerprint density at radius 2 is 1.74 bits per heavy atom. The molecule has 0 saturated heterocycles. The fraction of sp³-hybridized carbons (Fsp3) is 0.478. The van der Waals surface area contributed by atoms with E-state index in [2.05, 4.69) is 4.52 Å². The van der Waals surface area contributed by atoms with E-state index < -0.39 is 31.7 Å². The Kier molecular flexibility index (Phi) is 10.0. The van der Waals surface area contributed by atoms with Crippen molar-refractivity contribution in [3.8, 4) is 5.75 Å². The summed E-state index contributed by atoms with van der Waals surface area (Å²) in [5.41, 5.74) is 6.52. The van der Waals surface area contributed by atoms with E-state index in [1.54, 1.807) is 13.0 Å². The van der Waals surface area contributed by atoms with Crippen molar-refractivity contribution in [1.82, 2.24) is 0 Å². The summed E-state index contributed by atoms with van der Waals surface area (Å²) >= 11 is 6.01. The molecule has 0 aliphatic heterocycles. The van der Waals surface area contributed by atoms with Crippen molar-refractivity contribution in [1.29, 1.82) is 0 Å². The number of phosphoric ester groups is 1. The van der Waals surface area contributed by atoms with Crippen molar-refractivity contribution >= 4 is 19.4 Å². The Balaban J connectivity index is 2.02. The van der Waals surface area contributed by atoms with E-state index in [-0.39, 0.29) is 25.2 Å². The van der Waals surface area contributed by atoms with E-state index in [1.165, 1.54) is 12.1 Å². The van der Waals surface area contributed by atoms with E-state index in [9.17, 15) is 17.7 Å². The van der Waals surface area contributed by atoms with Crippen LogP contribution in [0.4, 0.5) is 13.2 Å². The third-order valence-electron chi connectivity index (χ3n) is 5.57. The van der Waals surface area contributed by atoms with Crippen LogP contribution in [-0.2, 0) is 28.1 Å². The molecule has 0 amide bonds. The monoisotopic (exact) mass is 523 g/mol. The highest BCUT2D eigenvalue weighted by Gasteiger charge is 2.35. The quantitative estimate of drug-likeness (QED) is 0.239. The number of aryl methyl sites for hydroxylation is 3. The smallest absolute Gasteiger partial charge is 0.469 e. The van der Waals surface area contributed by atoms with Crippen LogP contribution in [0, 0.1) is 6.92 Å². The van der Waals surface area contributed by atoms with Crippen molar-refractivity contribution in [3.05, 3.63) is 63.7 Å². The molecule has 11 heteroatoms. The molecular formula is C23H30ClF3NO5P. The molecule has 0 spiro atoms. The normalized spacial score (nSPS) is 14.1. The first kappa shape index (κ1) is 28.6. The lowest BCUT2D eigenvalue weighted by atomic mass is 9.90. The summed E-state index contributed by atoms with van der Waals surface area (Å²) in [5, 5.41) is 0.662. The summed E-state index contributed by atoms with van der Waals surface area (Å²) in [6.07, 6.45) is -2.74. The lowest BCUT2D eigenvalue weighted by Crippen LogP contribution is -2.44. The molecular weight excluding hydrogens is 494 g/mol. The van der Waals surface area contributed by atoms with Crippen LogP contribution in [0.3, 0.4) is 0 Å². The average Bonchev–Trinajstić information content (AvgIpc) is 2.75. The van der Waals surface area contributed by atoms with Gasteiger partial charge in [-0.1, -0.05) is 36.7 Å². The molecule has 0 heterocycles. The lowest BCUT2D eigenvalue weighted by molar-refractivity contribution is -0.139. The number of ether oxygens (including phenoxy) is 1. The zero-order valence-corrected chi connectivity index (χ0v) is 20.7. The highest BCUT2D eigenvalue weighted by Crippen LogP contribution is 2.39. The van der Waals surface area contributed by atoms with E-state index >= 15 is 0 Å². The zero-order valence-electron chi connectivity index (χ0n) is 19.1. The average molecular weight is 524 g/mol. The minimum Gasteiger partial charge on any atom is -0.493 e. The van der Waals surface area contributed by atoms with E-state index in [0.717, 1.165) is 17.2 Å². The molecule has 1 atom stereocenters. The molecule has 34 heavy (non-hydrogen) atoms. The maximum absolute atomic E-state index is 13.7. The summed E-state index contributed by atoms with van der Waals surface area (Å²) in [7, 11) is -4.70. The number of rotatable bonds is 12. The van der Waals surface area contributed by atoms with Gasteiger partial charge in [0, 0.05) is 10.6 Å². The molecule has 0 fully saturated rings. The molecule has 4 N–H and O–H groups in total. The van der Waals surface area contributed by atoms with Crippen LogP contribution in [0.1, 0.15) is 48.4 Å². The topological polar surface area (TPSA) is 102 Å². The maximum Gasteiger partial charge on any atom is 0.469 e. The van der Waals surface area contributed by atoms with Crippen LogP contribution in [0.25, 0.3) is 0 Å². The zero-order chi connectivity index (χ0) is 25.6. The van der Waals surface area contributed by atoms with Gasteiger partial charge in [0.1, 0.15) is 5.75 Å². The molecule has 0 radical (unpaired) electrons. The van der Waals surface area contributed by atoms with Gasteiger partial charge in [-0.05, 0) is 73.9 Å². The Labute approximate surface area is 202 Å². The third kappa shape index (κ3) is 9.21. The van der Waals surface area contributed by atoms with Crippen molar-refractivity contribution in [3.63, 3.8) is 0 Å². The van der Waals surface area contributed by atoms with Crippen molar-refractivity contribution < 1.29 is 36.8 Å². The summed E-state index contributed by atoms with van der Waals surface area (Å²) in [6, 6.07) is 9.47. The van der Waals surface area contributed by atoms with Crippen LogP contribution < -0.4 is 10.5 Å². The number of halogens is 4. The molecule has 6 nitrogen and oxygen atoms in total. The van der Waals surface area contributed by atoms with Gasteiger partial charge in [0.2, 0.25) is 0 Å². The van der Waals surface area contributed by atoms with Gasteiger partial charge in [0.15, 0.2) is 0 Å². The SMILES string of the molecule is CC[C@](N)(CCc1ccc(OCCCc2ccc(Cl)c(C)c2)c(C(F)(F)F)c1)COP(=O)(O)O. The molecule has 0 saturated carbocycles. The minimum absolute atomic E-state index is 0.117. The number of hydrogen-bond acceptors (Lipinski definition) is 4. The van der Waals surface area contributed by atoms with Gasteiger partial charge in [-0.2, -0.15) is 13.2 Å². The van der Waals surface area contributed by atoms with Crippen LogP contribution in [-0.4, -0.2) is 28.5 Å². The van der Waals surface area contributed by atoms with Crippen LogP contribution >= 0.6 is 19.4 Å². The van der Waals surface area contributed by atoms with Gasteiger partial charge < -0.3 is 20.3 Å². The van der Waals surface area contributed by atoms with Crippen LogP contribution in [0.15, 0.2) is 36.4 Å². The van der Waals surface area contributed by atoms with Gasteiger partial charge in [-0.3, -0.25) is 4.52 Å². The molecule has 190 valence electrons. The molecule has 2 aromatic carbocycles. The number of nitrogens with two attached hydrogens (primary N) is 1. The van der Waals surface area contributed by atoms with Gasteiger partial charge >= 0.3 is 14.0 Å². The van der Waals surface area contributed by atoms with Crippen LogP contribution in [0.5, 0.6) is 5.75 Å². The minimum atomic E-state index is -4.70. The van der Waals surface area contributed by atoms with Crippen molar-refractivity contribution in [2.24, 2.45) is 5.73 Å². The molecule has 0 bridgehead atoms. The highest BCUT2D eigenvalue weighted by atomic mass is 35.5. The number of benzene rings is 2. The molecule has 0 unspecified atom stereocenters. The Hall–Kier alpha value is -1.61. The molecule has 0 aliphatic rings. The predicted octanol–water partition coefficient (Wildman–Crippen LogP) is 5.83. The fourth-order valence-corrected chi connectivity index (χ4v) is 3.90. The first-order valence-corrected chi connectivity index (χ1v) is 12.7. The summed E-state index contributed by atoms with van der Waals surface area (Å²) < 4.78 is 61.9. The molecule has 2 rings (SSSR count). The van der Waals surface area contributed by atoms with Crippen molar-refractivity contribution in [2.45, 2.75) is 57.7 Å². The van der Waals surface area contributed by atoms with Gasteiger partial charge in [0.05, 0.1) is 18.8 Å². The first-order chi connectivity index (χ1) is 15.7. The molecule has 0 aromatic heterocycles. The third-order valence-corrected chi connectivity index (χ3v) is 6.46. The second-order valence-corrected chi connectivity index (χ2v) is 9.99. The standard InChI is InChI=1S/C23H30ClF3NO5P/c1-3-22(28,15-33-34(29,30)31)11-10-18-7-9-21(19(14-18)23(25,26)27)32-12-4-5-17-6-8-20(24)16(2)13-17/h6-9,13-14H,3-5,10-12,15,28H2,1-2H3,(H2,29,30,31)/t22-/m0/s1. The fourth-order valence-electron chi connectivity index (χ4n) is 3.36. The molecule has 0 aliphatic carbocycles. The summed E-state index contributed by atoms with van der Waals surface area (Å²) in [5.74, 6) is -0.247. The van der Waals surface area contributed by atoms with Gasteiger partial charge in [-0.25, -0.2) is 4.57 Å². The second-order valence-electron chi connectivity index (χ2n) is 8.34. The summed E-state index contributed by atoms with van der Waals surface area (Å²) in [6.45, 7) is 3.31. The van der Waals surface area contributed by atoms with Gasteiger partial charge in [0.25, 0.3) is 0 Å². The van der Waals surface area contributed by atoms with Crippen molar-refractivity contribution in [2.75, 3.05) is 13.2 Å². The van der Waals surface area contributed by atoms with E-state index in [0.29, 0.717) is 29.8 Å². The summed E-state index contributed by atoms with van der Waals surface area (Å²) in [4.78, 5) is 17.8. The molecule has 2 aromatic rings. The Morgan fingerprint density at radius 1 is 1.09 bits per heavy atom. The van der Waals surface area contributed by atoms with Crippen LogP contribution in [0.2, 0.25) is 5.02 Å². The predicted molar refractivity (Wildman–Crippen MR) is 125 cm³/mol. The maximum atomic E-state index is 13.7.